The zero-order valence-corrected chi connectivity index (χ0v) is 16.3. The first-order valence-electron chi connectivity index (χ1n) is 9.48. The first kappa shape index (κ1) is 17.2. The number of imidazole rings is 1. The third-order valence-electron chi connectivity index (χ3n) is 5.61. The number of benzene rings is 1. The Labute approximate surface area is 176 Å². The van der Waals surface area contributed by atoms with E-state index in [0.717, 1.165) is 29.8 Å². The largest absolute Gasteiger partial charge is 0.345 e. The summed E-state index contributed by atoms with van der Waals surface area (Å²) < 4.78 is 1.79. The Bertz CT molecular complexity index is 1380. The lowest BCUT2D eigenvalue weighted by molar-refractivity contribution is -0.123. The van der Waals surface area contributed by atoms with E-state index in [2.05, 4.69) is 20.2 Å². The molecule has 1 N–H and O–H groups in total. The quantitative estimate of drug-likeness (QED) is 0.653. The van der Waals surface area contributed by atoms with Crippen molar-refractivity contribution in [3.05, 3.63) is 82.5 Å². The van der Waals surface area contributed by atoms with Crippen molar-refractivity contribution >= 4 is 46.0 Å². The summed E-state index contributed by atoms with van der Waals surface area (Å²) in [6, 6.07) is 9.30. The zero-order chi connectivity index (χ0) is 20.4. The van der Waals surface area contributed by atoms with Gasteiger partial charge in [0.25, 0.3) is 11.8 Å². The predicted octanol–water partition coefficient (Wildman–Crippen LogP) is 2.73. The van der Waals surface area contributed by atoms with Crippen LogP contribution in [0.4, 0.5) is 5.69 Å². The van der Waals surface area contributed by atoms with Crippen LogP contribution in [-0.4, -0.2) is 33.5 Å². The topological polar surface area (TPSA) is 79.1 Å². The number of nitrogens with zero attached hydrogens (tertiary/aromatic N) is 4. The summed E-state index contributed by atoms with van der Waals surface area (Å²) in [7, 11) is 0. The van der Waals surface area contributed by atoms with Crippen LogP contribution in [0, 0.1) is 0 Å². The number of rotatable bonds is 2. The summed E-state index contributed by atoms with van der Waals surface area (Å²) in [5.74, 6) is -0.944. The number of anilines is 1. The normalized spacial score (nSPS) is 17.5. The van der Waals surface area contributed by atoms with Crippen molar-refractivity contribution in [3.8, 4) is 0 Å². The van der Waals surface area contributed by atoms with Gasteiger partial charge < -0.3 is 4.90 Å². The highest BCUT2D eigenvalue weighted by atomic mass is 35.5. The number of carbonyl (C=O) groups is 2. The minimum Gasteiger partial charge on any atom is -0.345 e. The van der Waals surface area contributed by atoms with Gasteiger partial charge in [0.05, 0.1) is 34.4 Å². The molecule has 3 aliphatic heterocycles. The Hall–Kier alpha value is -3.71. The van der Waals surface area contributed by atoms with Gasteiger partial charge in [0.15, 0.2) is 0 Å². The molecule has 0 saturated carbocycles. The van der Waals surface area contributed by atoms with Gasteiger partial charge in [0, 0.05) is 35.7 Å². The van der Waals surface area contributed by atoms with E-state index in [1.807, 2.05) is 36.7 Å². The van der Waals surface area contributed by atoms with E-state index in [1.165, 1.54) is 0 Å². The molecule has 8 heteroatoms. The Morgan fingerprint density at radius 2 is 1.97 bits per heavy atom. The van der Waals surface area contributed by atoms with Crippen molar-refractivity contribution < 1.29 is 9.59 Å². The molecule has 1 aromatic carbocycles. The van der Waals surface area contributed by atoms with Gasteiger partial charge in [-0.05, 0) is 36.2 Å². The first-order valence-corrected chi connectivity index (χ1v) is 9.86. The second kappa shape index (κ2) is 6.14. The maximum absolute atomic E-state index is 12.9. The molecule has 30 heavy (non-hydrogen) atoms. The number of aromatic nitrogens is 2. The van der Waals surface area contributed by atoms with Crippen molar-refractivity contribution in [1.82, 2.24) is 14.7 Å². The van der Waals surface area contributed by atoms with E-state index in [0.29, 0.717) is 22.1 Å². The average molecular weight is 416 g/mol. The number of carbonyl (C=O) groups excluding carboxylic acids is 2. The molecule has 3 aromatic rings. The van der Waals surface area contributed by atoms with E-state index in [9.17, 15) is 9.59 Å². The molecular formula is C22H14ClN5O2. The molecule has 5 heterocycles. The molecule has 0 unspecified atom stereocenters. The number of pyridine rings is 1. The Kier molecular flexibility index (Phi) is 3.52. The number of hydrogen-bond acceptors (Lipinski definition) is 5. The van der Waals surface area contributed by atoms with E-state index < -0.39 is 11.8 Å². The van der Waals surface area contributed by atoms with E-state index >= 15 is 0 Å². The molecule has 0 saturated heterocycles. The molecule has 0 aliphatic carbocycles. The Morgan fingerprint density at radius 3 is 2.87 bits per heavy atom. The molecule has 7 nitrogen and oxygen atoms in total. The molecule has 146 valence electrons. The van der Waals surface area contributed by atoms with Gasteiger partial charge in [0.1, 0.15) is 5.65 Å². The van der Waals surface area contributed by atoms with Crippen molar-refractivity contribution in [2.24, 2.45) is 4.99 Å². The zero-order valence-electron chi connectivity index (χ0n) is 15.6. The monoisotopic (exact) mass is 415 g/mol. The van der Waals surface area contributed by atoms with Crippen LogP contribution in [0.15, 0.2) is 65.7 Å². The van der Waals surface area contributed by atoms with Crippen LogP contribution in [-0.2, 0) is 16.0 Å². The highest BCUT2D eigenvalue weighted by Crippen LogP contribution is 2.39. The summed E-state index contributed by atoms with van der Waals surface area (Å²) in [5.41, 5.74) is 4.95. The second-order valence-corrected chi connectivity index (χ2v) is 7.72. The minimum absolute atomic E-state index is 0.230. The molecule has 0 atom stereocenters. The lowest BCUT2D eigenvalue weighted by Crippen LogP contribution is -2.25. The molecule has 2 aromatic heterocycles. The third kappa shape index (κ3) is 2.32. The van der Waals surface area contributed by atoms with Crippen molar-refractivity contribution in [1.29, 1.82) is 0 Å². The van der Waals surface area contributed by atoms with Gasteiger partial charge in [-0.15, -0.1) is 0 Å². The number of amides is 2. The smallest absolute Gasteiger partial charge is 0.261 e. The number of nitrogens with one attached hydrogen (secondary N) is 1. The van der Waals surface area contributed by atoms with E-state index in [1.54, 1.807) is 22.9 Å². The fraction of sp³-hybridized carbons (Fsp3) is 0.0909. The first-order chi connectivity index (χ1) is 14.6. The fourth-order valence-electron chi connectivity index (χ4n) is 4.37. The van der Waals surface area contributed by atoms with Gasteiger partial charge in [-0.25, -0.2) is 4.98 Å². The molecule has 3 aliphatic rings. The van der Waals surface area contributed by atoms with Crippen LogP contribution in [0.5, 0.6) is 0 Å². The molecule has 2 amide bonds. The number of hydrogen-bond donors (Lipinski definition) is 1. The molecule has 0 radical (unpaired) electrons. The molecular weight excluding hydrogens is 402 g/mol. The van der Waals surface area contributed by atoms with Crippen LogP contribution < -0.4 is 10.2 Å². The van der Waals surface area contributed by atoms with Gasteiger partial charge in [-0.3, -0.25) is 24.3 Å². The van der Waals surface area contributed by atoms with E-state index in [-0.39, 0.29) is 11.1 Å². The molecule has 0 fully saturated rings. The Balaban J connectivity index is 1.65. The van der Waals surface area contributed by atoms with Crippen LogP contribution in [0.25, 0.3) is 11.2 Å². The lowest BCUT2D eigenvalue weighted by Gasteiger charge is -2.17. The molecule has 0 spiro atoms. The summed E-state index contributed by atoms with van der Waals surface area (Å²) in [4.78, 5) is 36.8. The maximum atomic E-state index is 12.9. The third-order valence-corrected chi connectivity index (χ3v) is 5.83. The Morgan fingerprint density at radius 1 is 1.10 bits per heavy atom. The number of aliphatic imine (C=N–C) groups is 1. The molecule has 6 rings (SSSR count). The van der Waals surface area contributed by atoms with Gasteiger partial charge in [0.2, 0.25) is 0 Å². The summed E-state index contributed by atoms with van der Waals surface area (Å²) in [6.45, 7) is 0.812. The maximum Gasteiger partial charge on any atom is 0.261 e. The van der Waals surface area contributed by atoms with Crippen LogP contribution in [0.1, 0.15) is 16.8 Å². The van der Waals surface area contributed by atoms with Crippen molar-refractivity contribution in [3.63, 3.8) is 0 Å². The number of fused-ring (bicyclic) bond motifs is 1. The summed E-state index contributed by atoms with van der Waals surface area (Å²) in [5, 5.41) is 3.00. The second-order valence-electron chi connectivity index (χ2n) is 7.29. The predicted molar refractivity (Wildman–Crippen MR) is 113 cm³/mol. The van der Waals surface area contributed by atoms with Crippen LogP contribution in [0.3, 0.4) is 0 Å². The lowest BCUT2D eigenvalue weighted by atomic mass is 9.94. The summed E-state index contributed by atoms with van der Waals surface area (Å²) in [6.07, 6.45) is 7.81. The molecule has 0 bridgehead atoms. The van der Waals surface area contributed by atoms with E-state index in [4.69, 9.17) is 11.6 Å². The minimum atomic E-state index is -0.479. The van der Waals surface area contributed by atoms with Crippen molar-refractivity contribution in [2.45, 2.75) is 6.42 Å². The highest BCUT2D eigenvalue weighted by molar-refractivity contribution is 6.48. The van der Waals surface area contributed by atoms with Gasteiger partial charge in [-0.1, -0.05) is 17.7 Å². The van der Waals surface area contributed by atoms with Crippen LogP contribution in [0.2, 0.25) is 5.02 Å². The standard InChI is InChI=1S/C22H14ClN5O2/c23-13-9-12-4-7-27-8-5-24-19(14(10-13)20(12)27)18-17(21(29)26-22(18)30)15-11-25-16-3-1-2-6-28(15)16/h1-3,5-6,8-11H,4,7H2,(H,26,29,30). The average Bonchev–Trinajstić information content (AvgIpc) is 3.36. The SMILES string of the molecule is O=C1NC(=O)C(c2cnc3ccccn23)=C1C1=NC=CN2CCc3cc(Cl)cc1c32. The van der Waals surface area contributed by atoms with Crippen LogP contribution >= 0.6 is 11.6 Å². The number of imide groups is 1. The summed E-state index contributed by atoms with van der Waals surface area (Å²) >= 11 is 6.39. The number of halogens is 1. The fourth-order valence-corrected chi connectivity index (χ4v) is 4.61. The highest BCUT2D eigenvalue weighted by Gasteiger charge is 2.38. The van der Waals surface area contributed by atoms with Gasteiger partial charge in [-0.2, -0.15) is 0 Å². The van der Waals surface area contributed by atoms with Crippen molar-refractivity contribution in [2.75, 3.05) is 11.4 Å². The van der Waals surface area contributed by atoms with Gasteiger partial charge >= 0.3 is 0 Å².